The Morgan fingerprint density at radius 3 is 3.10 bits per heavy atom. The third-order valence-electron chi connectivity index (χ3n) is 3.36. The number of hydrogen-bond acceptors (Lipinski definition) is 6. The molecule has 0 spiro atoms. The highest BCUT2D eigenvalue weighted by Gasteiger charge is 2.21. The van der Waals surface area contributed by atoms with Gasteiger partial charge in [-0.2, -0.15) is 0 Å². The van der Waals surface area contributed by atoms with Gasteiger partial charge in [-0.1, -0.05) is 12.1 Å². The molecule has 1 N–H and O–H groups in total. The maximum absolute atomic E-state index is 10.9. The van der Waals surface area contributed by atoms with Gasteiger partial charge < -0.3 is 10.1 Å². The molecular weight excluding hydrogens is 290 g/mol. The van der Waals surface area contributed by atoms with E-state index in [1.807, 2.05) is 13.0 Å². The first-order valence-corrected chi connectivity index (χ1v) is 7.50. The molecule has 0 bridgehead atoms. The van der Waals surface area contributed by atoms with E-state index in [1.54, 1.807) is 23.5 Å². The molecule has 0 amide bonds. The Kier molecular flexibility index (Phi) is 3.96. The van der Waals surface area contributed by atoms with Gasteiger partial charge >= 0.3 is 0 Å². The van der Waals surface area contributed by atoms with Crippen molar-refractivity contribution < 1.29 is 9.66 Å². The number of aryl methyl sites for hydroxylation is 1. The van der Waals surface area contributed by atoms with Crippen LogP contribution in [0, 0.1) is 17.0 Å². The maximum Gasteiger partial charge on any atom is 0.270 e. The maximum atomic E-state index is 10.9. The number of rotatable bonds is 3. The van der Waals surface area contributed by atoms with Crippen LogP contribution < -0.4 is 5.32 Å². The molecule has 1 fully saturated rings. The fourth-order valence-electron chi connectivity index (χ4n) is 2.32. The SMILES string of the molecule is Cc1sc(C2COCCN2)nc1-c1cccc([N+](=O)[O-])c1. The van der Waals surface area contributed by atoms with Crippen molar-refractivity contribution >= 4 is 17.0 Å². The Morgan fingerprint density at radius 1 is 1.52 bits per heavy atom. The van der Waals surface area contributed by atoms with Crippen LogP contribution in [0.4, 0.5) is 5.69 Å². The number of ether oxygens (including phenoxy) is 1. The third kappa shape index (κ3) is 2.94. The highest BCUT2D eigenvalue weighted by atomic mass is 32.1. The molecule has 1 aliphatic rings. The van der Waals surface area contributed by atoms with Crippen LogP contribution in [-0.4, -0.2) is 29.7 Å². The summed E-state index contributed by atoms with van der Waals surface area (Å²) >= 11 is 1.61. The van der Waals surface area contributed by atoms with Crippen molar-refractivity contribution in [3.8, 4) is 11.3 Å². The first-order valence-electron chi connectivity index (χ1n) is 6.68. The Hall–Kier alpha value is -1.83. The molecule has 21 heavy (non-hydrogen) atoms. The summed E-state index contributed by atoms with van der Waals surface area (Å²) < 4.78 is 5.46. The van der Waals surface area contributed by atoms with Crippen LogP contribution in [0.15, 0.2) is 24.3 Å². The van der Waals surface area contributed by atoms with E-state index in [9.17, 15) is 10.1 Å². The molecule has 110 valence electrons. The molecule has 0 radical (unpaired) electrons. The molecule has 2 aromatic rings. The molecule has 0 saturated carbocycles. The summed E-state index contributed by atoms with van der Waals surface area (Å²) in [7, 11) is 0. The van der Waals surface area contributed by atoms with E-state index >= 15 is 0 Å². The molecular formula is C14H15N3O3S. The zero-order valence-corrected chi connectivity index (χ0v) is 12.4. The molecule has 3 rings (SSSR count). The van der Waals surface area contributed by atoms with Gasteiger partial charge in [0.2, 0.25) is 0 Å². The number of non-ortho nitro benzene ring substituents is 1. The van der Waals surface area contributed by atoms with Crippen LogP contribution in [0.3, 0.4) is 0 Å². The van der Waals surface area contributed by atoms with Gasteiger partial charge in [-0.25, -0.2) is 4.98 Å². The zero-order valence-electron chi connectivity index (χ0n) is 11.5. The van der Waals surface area contributed by atoms with Crippen molar-refractivity contribution in [2.24, 2.45) is 0 Å². The molecule has 1 aromatic carbocycles. The summed E-state index contributed by atoms with van der Waals surface area (Å²) in [6, 6.07) is 6.70. The van der Waals surface area contributed by atoms with E-state index in [4.69, 9.17) is 4.74 Å². The highest BCUT2D eigenvalue weighted by molar-refractivity contribution is 7.12. The molecule has 1 unspecified atom stereocenters. The van der Waals surface area contributed by atoms with Gasteiger partial charge in [0.05, 0.1) is 29.9 Å². The van der Waals surface area contributed by atoms with Crippen LogP contribution in [0.25, 0.3) is 11.3 Å². The van der Waals surface area contributed by atoms with Crippen molar-refractivity contribution in [1.29, 1.82) is 0 Å². The number of aromatic nitrogens is 1. The van der Waals surface area contributed by atoms with Gasteiger partial charge in [-0.3, -0.25) is 10.1 Å². The second-order valence-electron chi connectivity index (χ2n) is 4.85. The number of hydrogen-bond donors (Lipinski definition) is 1. The minimum absolute atomic E-state index is 0.0839. The standard InChI is InChI=1S/C14H15N3O3S/c1-9-13(10-3-2-4-11(7-10)17(18)19)16-14(21-9)12-8-20-6-5-15-12/h2-4,7,12,15H,5-6,8H2,1H3. The lowest BCUT2D eigenvalue weighted by molar-refractivity contribution is -0.384. The lowest BCUT2D eigenvalue weighted by Gasteiger charge is -2.21. The number of thiazole rings is 1. The third-order valence-corrected chi connectivity index (χ3v) is 4.45. The lowest BCUT2D eigenvalue weighted by Crippen LogP contribution is -2.34. The monoisotopic (exact) mass is 305 g/mol. The summed E-state index contributed by atoms with van der Waals surface area (Å²) in [5.41, 5.74) is 1.67. The van der Waals surface area contributed by atoms with Crippen LogP contribution >= 0.6 is 11.3 Å². The molecule has 0 aliphatic carbocycles. The summed E-state index contributed by atoms with van der Waals surface area (Å²) in [5.74, 6) is 0. The summed E-state index contributed by atoms with van der Waals surface area (Å²) in [6.45, 7) is 4.13. The van der Waals surface area contributed by atoms with Crippen LogP contribution in [0.2, 0.25) is 0 Å². The first kappa shape index (κ1) is 14.1. The summed E-state index contributed by atoms with van der Waals surface area (Å²) in [5, 5.41) is 15.2. The summed E-state index contributed by atoms with van der Waals surface area (Å²) in [4.78, 5) is 16.2. The Balaban J connectivity index is 1.93. The molecule has 1 aliphatic heterocycles. The van der Waals surface area contributed by atoms with E-state index in [0.29, 0.717) is 6.61 Å². The quantitative estimate of drug-likeness (QED) is 0.697. The summed E-state index contributed by atoms with van der Waals surface area (Å²) in [6.07, 6.45) is 0. The van der Waals surface area contributed by atoms with Crippen LogP contribution in [0.5, 0.6) is 0 Å². The number of nitrogens with one attached hydrogen (secondary N) is 1. The van der Waals surface area contributed by atoms with Crippen LogP contribution in [0.1, 0.15) is 15.9 Å². The molecule has 2 heterocycles. The smallest absolute Gasteiger partial charge is 0.270 e. The van der Waals surface area contributed by atoms with E-state index in [0.717, 1.165) is 34.3 Å². The largest absolute Gasteiger partial charge is 0.378 e. The van der Waals surface area contributed by atoms with Crippen molar-refractivity contribution in [1.82, 2.24) is 10.3 Å². The highest BCUT2D eigenvalue weighted by Crippen LogP contribution is 2.32. The van der Waals surface area contributed by atoms with Gasteiger partial charge in [-0.15, -0.1) is 11.3 Å². The van der Waals surface area contributed by atoms with E-state index in [1.165, 1.54) is 6.07 Å². The van der Waals surface area contributed by atoms with Crippen molar-refractivity contribution in [3.05, 3.63) is 44.3 Å². The number of morpholine rings is 1. The van der Waals surface area contributed by atoms with E-state index in [-0.39, 0.29) is 16.7 Å². The first-order chi connectivity index (χ1) is 10.1. The Labute approximate surface area is 125 Å². The van der Waals surface area contributed by atoms with E-state index < -0.39 is 0 Å². The minimum Gasteiger partial charge on any atom is -0.378 e. The second kappa shape index (κ2) is 5.88. The van der Waals surface area contributed by atoms with Gasteiger partial charge in [0, 0.05) is 29.1 Å². The van der Waals surface area contributed by atoms with Gasteiger partial charge in [0.25, 0.3) is 5.69 Å². The normalized spacial score (nSPS) is 18.6. The van der Waals surface area contributed by atoms with Gasteiger partial charge in [0.15, 0.2) is 0 Å². The fourth-order valence-corrected chi connectivity index (χ4v) is 3.33. The van der Waals surface area contributed by atoms with Crippen LogP contribution in [-0.2, 0) is 4.74 Å². The average molecular weight is 305 g/mol. The predicted molar refractivity (Wildman–Crippen MR) is 80.5 cm³/mol. The number of nitro benzene ring substituents is 1. The molecule has 1 aromatic heterocycles. The van der Waals surface area contributed by atoms with Gasteiger partial charge in [-0.05, 0) is 6.92 Å². The van der Waals surface area contributed by atoms with Crippen molar-refractivity contribution in [2.75, 3.05) is 19.8 Å². The Morgan fingerprint density at radius 2 is 2.38 bits per heavy atom. The zero-order chi connectivity index (χ0) is 14.8. The molecule has 6 nitrogen and oxygen atoms in total. The number of benzene rings is 1. The van der Waals surface area contributed by atoms with Crippen molar-refractivity contribution in [2.45, 2.75) is 13.0 Å². The second-order valence-corrected chi connectivity index (χ2v) is 6.08. The Bertz CT molecular complexity index is 665. The predicted octanol–water partition coefficient (Wildman–Crippen LogP) is 2.69. The lowest BCUT2D eigenvalue weighted by atomic mass is 10.1. The fraction of sp³-hybridized carbons (Fsp3) is 0.357. The van der Waals surface area contributed by atoms with E-state index in [2.05, 4.69) is 10.3 Å². The molecule has 1 saturated heterocycles. The van der Waals surface area contributed by atoms with Crippen molar-refractivity contribution in [3.63, 3.8) is 0 Å². The van der Waals surface area contributed by atoms with Gasteiger partial charge in [0.1, 0.15) is 5.01 Å². The number of nitro groups is 1. The molecule has 7 heteroatoms. The average Bonchev–Trinajstić information content (AvgIpc) is 2.90. The topological polar surface area (TPSA) is 77.3 Å². The minimum atomic E-state index is -0.386. The molecule has 1 atom stereocenters. The number of nitrogens with zero attached hydrogens (tertiary/aromatic N) is 2.